The number of nitrogens with one attached hydrogen (secondary N) is 1. The Morgan fingerprint density at radius 2 is 1.95 bits per heavy atom. The molecule has 8 heteroatoms. The molecule has 1 aliphatic heterocycles. The summed E-state index contributed by atoms with van der Waals surface area (Å²) in [6.07, 6.45) is 0. The van der Waals surface area contributed by atoms with Crippen LogP contribution in [0.25, 0.3) is 0 Å². The van der Waals surface area contributed by atoms with Gasteiger partial charge in [-0.15, -0.1) is 0 Å². The maximum absolute atomic E-state index is 12.8. The summed E-state index contributed by atoms with van der Waals surface area (Å²) >= 11 is 3.22. The molecule has 0 amide bonds. The molecule has 0 aromatic carbocycles. The first kappa shape index (κ1) is 17.0. The van der Waals surface area contributed by atoms with E-state index < -0.39 is 10.0 Å². The lowest BCUT2D eigenvalue weighted by Crippen LogP contribution is -2.56. The minimum atomic E-state index is -3.54. The summed E-state index contributed by atoms with van der Waals surface area (Å²) in [5.74, 6) is 0.596. The van der Waals surface area contributed by atoms with E-state index in [1.54, 1.807) is 17.4 Å². The second-order valence-electron chi connectivity index (χ2n) is 5.57. The second-order valence-corrected chi connectivity index (χ2v) is 8.19. The molecule has 1 aromatic heterocycles. The smallest absolute Gasteiger partial charge is 0.247 e. The van der Waals surface area contributed by atoms with Crippen LogP contribution in [0, 0.1) is 0 Å². The van der Waals surface area contributed by atoms with E-state index in [-0.39, 0.29) is 21.6 Å². The molecule has 0 saturated carbocycles. The van der Waals surface area contributed by atoms with E-state index in [2.05, 4.69) is 26.1 Å². The first-order chi connectivity index (χ1) is 9.77. The quantitative estimate of drug-likeness (QED) is 0.857. The highest BCUT2D eigenvalue weighted by Gasteiger charge is 2.36. The summed E-state index contributed by atoms with van der Waals surface area (Å²) in [5, 5.41) is 2.95. The zero-order valence-corrected chi connectivity index (χ0v) is 15.2. The van der Waals surface area contributed by atoms with Gasteiger partial charge < -0.3 is 9.73 Å². The summed E-state index contributed by atoms with van der Waals surface area (Å²) in [4.78, 5) is 2.40. The molecule has 21 heavy (non-hydrogen) atoms. The van der Waals surface area contributed by atoms with Crippen molar-refractivity contribution in [2.24, 2.45) is 0 Å². The SMILES string of the molecule is CNCc1cc(S(=O)(=O)N2CC(C)N(C)C(C)C2)c(Br)o1. The van der Waals surface area contributed by atoms with Gasteiger partial charge in [0.2, 0.25) is 10.0 Å². The van der Waals surface area contributed by atoms with E-state index >= 15 is 0 Å². The molecular weight excluding hydrogens is 358 g/mol. The Morgan fingerprint density at radius 1 is 1.38 bits per heavy atom. The zero-order chi connectivity index (χ0) is 15.8. The molecule has 120 valence electrons. The van der Waals surface area contributed by atoms with Crippen molar-refractivity contribution >= 4 is 26.0 Å². The van der Waals surface area contributed by atoms with Crippen LogP contribution in [0.3, 0.4) is 0 Å². The maximum atomic E-state index is 12.8. The third kappa shape index (κ3) is 3.34. The number of rotatable bonds is 4. The van der Waals surface area contributed by atoms with Crippen molar-refractivity contribution in [3.63, 3.8) is 0 Å². The Morgan fingerprint density at radius 3 is 2.48 bits per heavy atom. The number of sulfonamides is 1. The predicted molar refractivity (Wildman–Crippen MR) is 84.6 cm³/mol. The standard InChI is InChI=1S/C13H22BrN3O3S/c1-9-7-17(8-10(2)16(9)4)21(18,19)12-5-11(6-15-3)20-13(12)14/h5,9-10,15H,6-8H2,1-4H3. The highest BCUT2D eigenvalue weighted by Crippen LogP contribution is 2.30. The van der Waals surface area contributed by atoms with E-state index in [0.717, 1.165) is 0 Å². The van der Waals surface area contributed by atoms with Crippen LogP contribution in [0.15, 0.2) is 20.0 Å². The van der Waals surface area contributed by atoms with Crippen molar-refractivity contribution in [3.8, 4) is 0 Å². The topological polar surface area (TPSA) is 65.8 Å². The van der Waals surface area contributed by atoms with Gasteiger partial charge in [0.05, 0.1) is 6.54 Å². The number of furan rings is 1. The van der Waals surface area contributed by atoms with Crippen molar-refractivity contribution in [1.82, 2.24) is 14.5 Å². The molecule has 1 fully saturated rings. The zero-order valence-electron chi connectivity index (χ0n) is 12.8. The summed E-state index contributed by atoms with van der Waals surface area (Å²) < 4.78 is 32.9. The van der Waals surface area contributed by atoms with Gasteiger partial charge in [0.25, 0.3) is 0 Å². The van der Waals surface area contributed by atoms with Gasteiger partial charge in [-0.2, -0.15) is 4.31 Å². The van der Waals surface area contributed by atoms with E-state index in [9.17, 15) is 8.42 Å². The molecular formula is C13H22BrN3O3S. The fourth-order valence-corrected chi connectivity index (χ4v) is 5.09. The van der Waals surface area contributed by atoms with Gasteiger partial charge in [-0.25, -0.2) is 8.42 Å². The Labute approximate surface area is 134 Å². The third-order valence-corrected chi connectivity index (χ3v) is 6.69. The lowest BCUT2D eigenvalue weighted by atomic mass is 10.1. The molecule has 0 spiro atoms. The van der Waals surface area contributed by atoms with Crippen LogP contribution in [0.5, 0.6) is 0 Å². The van der Waals surface area contributed by atoms with Crippen LogP contribution in [0.4, 0.5) is 0 Å². The van der Waals surface area contributed by atoms with Crippen LogP contribution < -0.4 is 5.32 Å². The van der Waals surface area contributed by atoms with Gasteiger partial charge in [0, 0.05) is 31.2 Å². The Balaban J connectivity index is 2.30. The molecule has 6 nitrogen and oxygen atoms in total. The lowest BCUT2D eigenvalue weighted by Gasteiger charge is -2.41. The van der Waals surface area contributed by atoms with Crippen LogP contribution in [-0.4, -0.2) is 56.9 Å². The van der Waals surface area contributed by atoms with Gasteiger partial charge in [-0.05, 0) is 43.9 Å². The second kappa shape index (κ2) is 6.37. The van der Waals surface area contributed by atoms with Crippen LogP contribution >= 0.6 is 15.9 Å². The molecule has 1 saturated heterocycles. The first-order valence-corrected chi connectivity index (χ1v) is 9.15. The average Bonchev–Trinajstić information content (AvgIpc) is 2.77. The van der Waals surface area contributed by atoms with Gasteiger partial charge in [0.1, 0.15) is 10.7 Å². The van der Waals surface area contributed by atoms with Crippen LogP contribution in [-0.2, 0) is 16.6 Å². The fraction of sp³-hybridized carbons (Fsp3) is 0.692. The lowest BCUT2D eigenvalue weighted by molar-refractivity contribution is 0.105. The summed E-state index contributed by atoms with van der Waals surface area (Å²) in [6, 6.07) is 1.96. The highest BCUT2D eigenvalue weighted by molar-refractivity contribution is 9.10. The number of hydrogen-bond acceptors (Lipinski definition) is 5. The van der Waals surface area contributed by atoms with E-state index in [0.29, 0.717) is 25.4 Å². The first-order valence-electron chi connectivity index (χ1n) is 6.92. The van der Waals surface area contributed by atoms with E-state index in [1.165, 1.54) is 0 Å². The Hall–Kier alpha value is -0.410. The molecule has 1 aromatic rings. The summed E-state index contributed by atoms with van der Waals surface area (Å²) in [7, 11) is 0.271. The average molecular weight is 380 g/mol. The van der Waals surface area contributed by atoms with E-state index in [4.69, 9.17) is 4.42 Å². The largest absolute Gasteiger partial charge is 0.452 e. The molecule has 2 heterocycles. The van der Waals surface area contributed by atoms with Gasteiger partial charge in [-0.1, -0.05) is 0 Å². The van der Waals surface area contributed by atoms with Crippen molar-refractivity contribution in [1.29, 1.82) is 0 Å². The van der Waals surface area contributed by atoms with Crippen molar-refractivity contribution in [2.45, 2.75) is 37.4 Å². The number of halogens is 1. The molecule has 2 rings (SSSR count). The van der Waals surface area contributed by atoms with E-state index in [1.807, 2.05) is 20.9 Å². The molecule has 2 unspecified atom stereocenters. The Bertz CT molecular complexity index is 590. The number of piperazine rings is 1. The molecule has 1 N–H and O–H groups in total. The summed E-state index contributed by atoms with van der Waals surface area (Å²) in [6.45, 7) is 5.54. The Kier molecular flexibility index (Phi) is 5.15. The van der Waals surface area contributed by atoms with Crippen molar-refractivity contribution in [2.75, 3.05) is 27.2 Å². The molecule has 0 bridgehead atoms. The minimum Gasteiger partial charge on any atom is -0.452 e. The third-order valence-electron chi connectivity index (χ3n) is 4.00. The maximum Gasteiger partial charge on any atom is 0.247 e. The molecule has 2 atom stereocenters. The predicted octanol–water partition coefficient (Wildman–Crippen LogP) is 1.47. The summed E-state index contributed by atoms with van der Waals surface area (Å²) in [5.41, 5.74) is 0. The number of hydrogen-bond donors (Lipinski definition) is 1. The normalized spacial score (nSPS) is 25.4. The molecule has 0 aliphatic carbocycles. The van der Waals surface area contributed by atoms with Gasteiger partial charge in [0.15, 0.2) is 4.67 Å². The van der Waals surface area contributed by atoms with Gasteiger partial charge >= 0.3 is 0 Å². The fourth-order valence-electron chi connectivity index (χ4n) is 2.53. The monoisotopic (exact) mass is 379 g/mol. The van der Waals surface area contributed by atoms with Crippen LogP contribution in [0.2, 0.25) is 0 Å². The number of likely N-dealkylation sites (N-methyl/N-ethyl adjacent to an activating group) is 1. The molecule has 0 radical (unpaired) electrons. The van der Waals surface area contributed by atoms with Gasteiger partial charge in [-0.3, -0.25) is 4.90 Å². The molecule has 1 aliphatic rings. The number of nitrogens with zero attached hydrogens (tertiary/aromatic N) is 2. The van der Waals surface area contributed by atoms with Crippen molar-refractivity contribution in [3.05, 3.63) is 16.5 Å². The highest BCUT2D eigenvalue weighted by atomic mass is 79.9. The minimum absolute atomic E-state index is 0.186. The van der Waals surface area contributed by atoms with Crippen LogP contribution in [0.1, 0.15) is 19.6 Å². The van der Waals surface area contributed by atoms with Crippen molar-refractivity contribution < 1.29 is 12.8 Å².